The average molecular weight is 563 g/mol. The first-order chi connectivity index (χ1) is 17.9. The second-order valence-corrected chi connectivity index (χ2v) is 11.9. The van der Waals surface area contributed by atoms with E-state index in [9.17, 15) is 29.4 Å². The first-order valence-electron chi connectivity index (χ1n) is 12.3. The molecule has 2 rings (SSSR count). The van der Waals surface area contributed by atoms with Crippen LogP contribution in [0.15, 0.2) is 24.3 Å². The number of amides is 4. The quantitative estimate of drug-likeness (QED) is 0.279. The molecular formula is C26H38N6O6S. The van der Waals surface area contributed by atoms with Crippen molar-refractivity contribution in [3.63, 3.8) is 0 Å². The minimum Gasteiger partial charge on any atom is -0.465 e. The SMILES string of the molecule is CNC(=O)c1sc(NC(C)=O)nc1CCc1ccc(NC(N(C(=O)O)C(C)(C)C)N(C(=O)O)C(C)(C)C)cc1. The van der Waals surface area contributed by atoms with Crippen LogP contribution in [-0.2, 0) is 17.6 Å². The lowest BCUT2D eigenvalue weighted by Gasteiger charge is -2.48. The van der Waals surface area contributed by atoms with Gasteiger partial charge in [0.25, 0.3) is 5.91 Å². The molecule has 2 aromatic rings. The lowest BCUT2D eigenvalue weighted by molar-refractivity contribution is -0.114. The first kappa shape index (κ1) is 31.3. The molecule has 214 valence electrons. The Kier molecular flexibility index (Phi) is 9.91. The van der Waals surface area contributed by atoms with Crippen molar-refractivity contribution in [2.45, 2.75) is 78.7 Å². The number of anilines is 2. The number of carbonyl (C=O) groups excluding carboxylic acids is 2. The molecule has 0 saturated heterocycles. The number of rotatable bonds is 9. The van der Waals surface area contributed by atoms with Crippen LogP contribution in [0.2, 0.25) is 0 Å². The van der Waals surface area contributed by atoms with E-state index in [0.717, 1.165) is 26.7 Å². The number of nitrogens with zero attached hydrogens (tertiary/aromatic N) is 3. The predicted molar refractivity (Wildman–Crippen MR) is 150 cm³/mol. The summed E-state index contributed by atoms with van der Waals surface area (Å²) >= 11 is 1.11. The summed E-state index contributed by atoms with van der Waals surface area (Å²) in [5.41, 5.74) is 0.200. The summed E-state index contributed by atoms with van der Waals surface area (Å²) in [7, 11) is 1.53. The molecule has 0 spiro atoms. The molecule has 1 aromatic heterocycles. The van der Waals surface area contributed by atoms with Crippen molar-refractivity contribution in [2.75, 3.05) is 17.7 Å². The standard InChI is InChI=1S/C26H38N6O6S/c1-15(33)28-21-30-18(19(39-21)20(34)27-8)14-11-16-9-12-17(13-10-16)29-22(31(23(35)36)25(2,3)4)32(24(37)38)26(5,6)7/h9-10,12-13,22,29H,11,14H2,1-8H3,(H,27,34)(H,35,36)(H,37,38)(H,28,30,33). The monoisotopic (exact) mass is 562 g/mol. The van der Waals surface area contributed by atoms with E-state index in [-0.39, 0.29) is 11.8 Å². The number of hydrogen-bond acceptors (Lipinski definition) is 7. The highest BCUT2D eigenvalue weighted by atomic mass is 32.1. The molecule has 0 saturated carbocycles. The van der Waals surface area contributed by atoms with Crippen LogP contribution in [0.5, 0.6) is 0 Å². The topological polar surface area (TPSA) is 164 Å². The van der Waals surface area contributed by atoms with Crippen LogP contribution in [0, 0.1) is 0 Å². The van der Waals surface area contributed by atoms with Gasteiger partial charge in [-0.05, 0) is 72.1 Å². The fourth-order valence-electron chi connectivity index (χ4n) is 3.96. The Labute approximate surface area is 232 Å². The number of thiazole rings is 1. The van der Waals surface area contributed by atoms with Gasteiger partial charge in [0.2, 0.25) is 5.91 Å². The van der Waals surface area contributed by atoms with Gasteiger partial charge in [-0.3, -0.25) is 19.4 Å². The van der Waals surface area contributed by atoms with Crippen molar-refractivity contribution in [2.24, 2.45) is 0 Å². The van der Waals surface area contributed by atoms with E-state index in [4.69, 9.17) is 0 Å². The summed E-state index contributed by atoms with van der Waals surface area (Å²) in [5, 5.41) is 28.7. The molecule has 0 aliphatic heterocycles. The van der Waals surface area contributed by atoms with Gasteiger partial charge < -0.3 is 26.2 Å². The molecule has 12 nitrogen and oxygen atoms in total. The fourth-order valence-corrected chi connectivity index (χ4v) is 4.96. The number of nitrogens with one attached hydrogen (secondary N) is 3. The van der Waals surface area contributed by atoms with Crippen LogP contribution in [-0.4, -0.2) is 73.4 Å². The van der Waals surface area contributed by atoms with Gasteiger partial charge in [0.15, 0.2) is 11.4 Å². The Morgan fingerprint density at radius 2 is 1.44 bits per heavy atom. The van der Waals surface area contributed by atoms with E-state index < -0.39 is 29.6 Å². The smallest absolute Gasteiger partial charge is 0.410 e. The minimum atomic E-state index is -1.26. The Hall–Kier alpha value is -3.87. The molecule has 0 fully saturated rings. The Balaban J connectivity index is 2.31. The highest BCUT2D eigenvalue weighted by molar-refractivity contribution is 7.17. The van der Waals surface area contributed by atoms with Crippen molar-refractivity contribution < 1.29 is 29.4 Å². The maximum atomic E-state index is 12.3. The molecule has 13 heteroatoms. The largest absolute Gasteiger partial charge is 0.465 e. The molecular weight excluding hydrogens is 524 g/mol. The zero-order chi connectivity index (χ0) is 29.7. The van der Waals surface area contributed by atoms with Gasteiger partial charge in [-0.2, -0.15) is 0 Å². The third-order valence-electron chi connectivity index (χ3n) is 5.66. The number of hydrogen-bond donors (Lipinski definition) is 5. The zero-order valence-corrected chi connectivity index (χ0v) is 24.4. The van der Waals surface area contributed by atoms with E-state index in [1.807, 2.05) is 12.1 Å². The summed E-state index contributed by atoms with van der Waals surface area (Å²) in [5.74, 6) is -0.561. The number of benzene rings is 1. The van der Waals surface area contributed by atoms with E-state index in [2.05, 4.69) is 20.9 Å². The van der Waals surface area contributed by atoms with Gasteiger partial charge in [0.1, 0.15) is 4.88 Å². The molecule has 0 atom stereocenters. The number of carboxylic acid groups (broad SMARTS) is 2. The first-order valence-corrected chi connectivity index (χ1v) is 13.2. The van der Waals surface area contributed by atoms with Crippen LogP contribution in [0.25, 0.3) is 0 Å². The second kappa shape index (κ2) is 12.3. The molecule has 0 aliphatic rings. The van der Waals surface area contributed by atoms with Crippen LogP contribution < -0.4 is 16.0 Å². The minimum absolute atomic E-state index is 0.277. The van der Waals surface area contributed by atoms with Crippen LogP contribution in [0.4, 0.5) is 20.4 Å². The lowest BCUT2D eigenvalue weighted by Crippen LogP contribution is -2.66. The number of carbonyl (C=O) groups is 4. The molecule has 0 radical (unpaired) electrons. The van der Waals surface area contributed by atoms with Gasteiger partial charge in [0, 0.05) is 30.7 Å². The summed E-state index contributed by atoms with van der Waals surface area (Å²) < 4.78 is 0. The second-order valence-electron chi connectivity index (χ2n) is 10.9. The maximum Gasteiger partial charge on any atom is 0.410 e. The van der Waals surface area contributed by atoms with E-state index in [1.54, 1.807) is 53.7 Å². The van der Waals surface area contributed by atoms with Gasteiger partial charge in [0.05, 0.1) is 5.69 Å². The Morgan fingerprint density at radius 1 is 0.923 bits per heavy atom. The molecule has 39 heavy (non-hydrogen) atoms. The van der Waals surface area contributed by atoms with Crippen LogP contribution in [0.1, 0.15) is 69.4 Å². The molecule has 4 amide bonds. The van der Waals surface area contributed by atoms with E-state index in [1.165, 1.54) is 14.0 Å². The van der Waals surface area contributed by atoms with Crippen molar-refractivity contribution in [1.82, 2.24) is 20.1 Å². The number of aromatic nitrogens is 1. The third kappa shape index (κ3) is 8.31. The molecule has 0 bridgehead atoms. The number of aryl methyl sites for hydroxylation is 2. The maximum absolute atomic E-state index is 12.3. The molecule has 1 heterocycles. The highest BCUT2D eigenvalue weighted by Crippen LogP contribution is 2.28. The van der Waals surface area contributed by atoms with Crippen molar-refractivity contribution in [3.8, 4) is 0 Å². The summed E-state index contributed by atoms with van der Waals surface area (Å²) in [4.78, 5) is 55.2. The third-order valence-corrected chi connectivity index (χ3v) is 6.67. The molecule has 1 aromatic carbocycles. The predicted octanol–water partition coefficient (Wildman–Crippen LogP) is 4.50. The van der Waals surface area contributed by atoms with Crippen molar-refractivity contribution >= 4 is 46.2 Å². The van der Waals surface area contributed by atoms with E-state index >= 15 is 0 Å². The summed E-state index contributed by atoms with van der Waals surface area (Å²) in [6.07, 6.45) is -2.74. The van der Waals surface area contributed by atoms with Crippen LogP contribution in [0.3, 0.4) is 0 Å². The highest BCUT2D eigenvalue weighted by Gasteiger charge is 2.43. The Bertz CT molecular complexity index is 1170. The van der Waals surface area contributed by atoms with Gasteiger partial charge in [-0.25, -0.2) is 14.6 Å². The molecule has 0 aliphatic carbocycles. The van der Waals surface area contributed by atoms with E-state index in [0.29, 0.717) is 34.2 Å². The van der Waals surface area contributed by atoms with Gasteiger partial charge in [-0.1, -0.05) is 23.5 Å². The Morgan fingerprint density at radius 3 is 1.85 bits per heavy atom. The molecule has 0 unspecified atom stereocenters. The van der Waals surface area contributed by atoms with Crippen molar-refractivity contribution in [1.29, 1.82) is 0 Å². The normalized spacial score (nSPS) is 11.6. The lowest BCUT2D eigenvalue weighted by atomic mass is 10.0. The molecule has 5 N–H and O–H groups in total. The average Bonchev–Trinajstić information content (AvgIpc) is 3.17. The van der Waals surface area contributed by atoms with Gasteiger partial charge in [-0.15, -0.1) is 0 Å². The van der Waals surface area contributed by atoms with Crippen LogP contribution >= 0.6 is 11.3 Å². The van der Waals surface area contributed by atoms with Gasteiger partial charge >= 0.3 is 12.2 Å². The zero-order valence-electron chi connectivity index (χ0n) is 23.6. The summed E-state index contributed by atoms with van der Waals surface area (Å²) in [6.45, 7) is 11.6. The fraction of sp³-hybridized carbons (Fsp3) is 0.500. The van der Waals surface area contributed by atoms with Crippen molar-refractivity contribution in [3.05, 3.63) is 40.4 Å². The summed E-state index contributed by atoms with van der Waals surface area (Å²) in [6, 6.07) is 7.17.